The van der Waals surface area contributed by atoms with Crippen molar-refractivity contribution in [1.29, 1.82) is 0 Å². The van der Waals surface area contributed by atoms with Crippen molar-refractivity contribution in [2.45, 2.75) is 12.8 Å². The van der Waals surface area contributed by atoms with Gasteiger partial charge in [0.1, 0.15) is 0 Å². The van der Waals surface area contributed by atoms with Gasteiger partial charge < -0.3 is 10.6 Å². The number of nitrogens with one attached hydrogen (secondary N) is 2. The molecule has 0 aliphatic carbocycles. The molecule has 0 aromatic heterocycles. The fourth-order valence-corrected chi connectivity index (χ4v) is 1.32. The summed E-state index contributed by atoms with van der Waals surface area (Å²) in [4.78, 5) is 11.3. The summed E-state index contributed by atoms with van der Waals surface area (Å²) in [5, 5.41) is 6.04. The third-order valence-electron chi connectivity index (χ3n) is 2.08. The molecule has 0 radical (unpaired) electrons. The molecule has 3 heteroatoms. The van der Waals surface area contributed by atoms with E-state index in [-0.39, 0.29) is 11.8 Å². The summed E-state index contributed by atoms with van der Waals surface area (Å²) in [7, 11) is 0. The van der Waals surface area contributed by atoms with Gasteiger partial charge in [-0.2, -0.15) is 0 Å². The van der Waals surface area contributed by atoms with Gasteiger partial charge in [-0.3, -0.25) is 4.79 Å². The van der Waals surface area contributed by atoms with E-state index in [4.69, 9.17) is 0 Å². The lowest BCUT2D eigenvalue weighted by Crippen LogP contribution is -2.32. The molecule has 0 saturated carbocycles. The Labute approximate surface area is 73.2 Å². The minimum absolute atomic E-state index is 0.182. The van der Waals surface area contributed by atoms with E-state index in [1.807, 2.05) is 6.08 Å². The van der Waals surface area contributed by atoms with Gasteiger partial charge in [0.15, 0.2) is 0 Å². The van der Waals surface area contributed by atoms with Crippen LogP contribution in [0.2, 0.25) is 0 Å². The highest BCUT2D eigenvalue weighted by Crippen LogP contribution is 2.06. The predicted molar refractivity (Wildman–Crippen MR) is 48.8 cm³/mol. The lowest BCUT2D eigenvalue weighted by molar-refractivity contribution is -0.124. The van der Waals surface area contributed by atoms with Crippen LogP contribution >= 0.6 is 0 Å². The van der Waals surface area contributed by atoms with Crippen molar-refractivity contribution < 1.29 is 4.79 Å². The fourth-order valence-electron chi connectivity index (χ4n) is 1.32. The number of carbonyl (C=O) groups excluding carboxylic acids is 1. The zero-order valence-corrected chi connectivity index (χ0v) is 7.31. The molecule has 2 N–H and O–H groups in total. The zero-order chi connectivity index (χ0) is 8.81. The van der Waals surface area contributed by atoms with Crippen LogP contribution < -0.4 is 10.6 Å². The first-order chi connectivity index (χ1) is 5.84. The van der Waals surface area contributed by atoms with Crippen LogP contribution in [0.15, 0.2) is 12.7 Å². The minimum atomic E-state index is 0.182. The van der Waals surface area contributed by atoms with Gasteiger partial charge in [-0.05, 0) is 19.4 Å². The molecule has 0 aromatic carbocycles. The van der Waals surface area contributed by atoms with Crippen LogP contribution in [0.4, 0.5) is 0 Å². The Hall–Kier alpha value is -0.830. The van der Waals surface area contributed by atoms with Crippen LogP contribution in [-0.4, -0.2) is 25.5 Å². The van der Waals surface area contributed by atoms with Crippen molar-refractivity contribution in [2.24, 2.45) is 5.92 Å². The van der Waals surface area contributed by atoms with E-state index in [1.54, 1.807) is 0 Å². The molecule has 1 rings (SSSR count). The van der Waals surface area contributed by atoms with E-state index in [1.165, 1.54) is 0 Å². The van der Waals surface area contributed by atoms with Gasteiger partial charge in [0.2, 0.25) is 5.91 Å². The topological polar surface area (TPSA) is 41.1 Å². The number of hydrogen-bond donors (Lipinski definition) is 2. The molecule has 1 fully saturated rings. The van der Waals surface area contributed by atoms with Crippen LogP contribution in [-0.2, 0) is 4.79 Å². The van der Waals surface area contributed by atoms with Gasteiger partial charge >= 0.3 is 0 Å². The van der Waals surface area contributed by atoms with Crippen LogP contribution in [0.1, 0.15) is 12.8 Å². The highest BCUT2D eigenvalue weighted by molar-refractivity contribution is 5.79. The van der Waals surface area contributed by atoms with Gasteiger partial charge in [-0.25, -0.2) is 0 Å². The van der Waals surface area contributed by atoms with Gasteiger partial charge in [-0.15, -0.1) is 6.58 Å². The highest BCUT2D eigenvalue weighted by atomic mass is 16.1. The maximum Gasteiger partial charge on any atom is 0.224 e. The smallest absolute Gasteiger partial charge is 0.224 e. The average Bonchev–Trinajstić information content (AvgIpc) is 2.56. The molecule has 1 atom stereocenters. The molecule has 1 aliphatic heterocycles. The maximum atomic E-state index is 11.3. The lowest BCUT2D eigenvalue weighted by Gasteiger charge is -2.07. The largest absolute Gasteiger partial charge is 0.356 e. The number of carbonyl (C=O) groups is 1. The summed E-state index contributed by atoms with van der Waals surface area (Å²) < 4.78 is 0. The lowest BCUT2D eigenvalue weighted by atomic mass is 10.1. The van der Waals surface area contributed by atoms with E-state index in [0.29, 0.717) is 0 Å². The Morgan fingerprint density at radius 1 is 1.75 bits per heavy atom. The molecule has 0 aromatic rings. The molecular weight excluding hydrogens is 152 g/mol. The van der Waals surface area contributed by atoms with E-state index >= 15 is 0 Å². The van der Waals surface area contributed by atoms with Crippen molar-refractivity contribution in [3.05, 3.63) is 12.7 Å². The molecule has 3 nitrogen and oxygen atoms in total. The van der Waals surface area contributed by atoms with Crippen molar-refractivity contribution >= 4 is 5.91 Å². The first-order valence-electron chi connectivity index (χ1n) is 4.44. The van der Waals surface area contributed by atoms with Crippen molar-refractivity contribution in [2.75, 3.05) is 19.6 Å². The number of hydrogen-bond acceptors (Lipinski definition) is 2. The van der Waals surface area contributed by atoms with E-state index < -0.39 is 0 Å². The second-order valence-electron chi connectivity index (χ2n) is 3.06. The molecule has 1 aliphatic rings. The third kappa shape index (κ3) is 2.66. The Morgan fingerprint density at radius 2 is 2.58 bits per heavy atom. The average molecular weight is 168 g/mol. The Bertz CT molecular complexity index is 162. The van der Waals surface area contributed by atoms with Crippen LogP contribution in [0.5, 0.6) is 0 Å². The monoisotopic (exact) mass is 168 g/mol. The number of amides is 1. The summed E-state index contributed by atoms with van der Waals surface area (Å²) in [6.45, 7) is 6.12. The number of rotatable bonds is 4. The van der Waals surface area contributed by atoms with Gasteiger partial charge in [0.05, 0.1) is 5.92 Å². The van der Waals surface area contributed by atoms with Gasteiger partial charge in [0, 0.05) is 13.1 Å². The summed E-state index contributed by atoms with van der Waals surface area (Å²) >= 11 is 0. The molecule has 68 valence electrons. The Kier molecular flexibility index (Phi) is 3.80. The molecule has 1 unspecified atom stereocenters. The van der Waals surface area contributed by atoms with E-state index in [0.717, 1.165) is 32.5 Å². The Morgan fingerprint density at radius 3 is 3.17 bits per heavy atom. The van der Waals surface area contributed by atoms with Gasteiger partial charge in [0.25, 0.3) is 0 Å². The normalized spacial score (nSPS) is 22.2. The predicted octanol–water partition coefficient (Wildman–Crippen LogP) is 0.288. The summed E-state index contributed by atoms with van der Waals surface area (Å²) in [5.41, 5.74) is 0. The third-order valence-corrected chi connectivity index (χ3v) is 2.08. The SMILES string of the molecule is C=CCCNC(=O)C1CCNC1. The van der Waals surface area contributed by atoms with E-state index in [9.17, 15) is 4.79 Å². The fraction of sp³-hybridized carbons (Fsp3) is 0.667. The van der Waals surface area contributed by atoms with Gasteiger partial charge in [-0.1, -0.05) is 6.08 Å². The van der Waals surface area contributed by atoms with Crippen molar-refractivity contribution in [3.8, 4) is 0 Å². The Balaban J connectivity index is 2.14. The van der Waals surface area contributed by atoms with Crippen molar-refractivity contribution in [1.82, 2.24) is 10.6 Å². The van der Waals surface area contributed by atoms with Crippen LogP contribution in [0.3, 0.4) is 0 Å². The van der Waals surface area contributed by atoms with E-state index in [2.05, 4.69) is 17.2 Å². The summed E-state index contributed by atoms with van der Waals surface area (Å²) in [6, 6.07) is 0. The maximum absolute atomic E-state index is 11.3. The molecule has 0 bridgehead atoms. The van der Waals surface area contributed by atoms with Crippen molar-refractivity contribution in [3.63, 3.8) is 0 Å². The zero-order valence-electron chi connectivity index (χ0n) is 7.31. The minimum Gasteiger partial charge on any atom is -0.356 e. The molecule has 1 amide bonds. The first-order valence-corrected chi connectivity index (χ1v) is 4.44. The first kappa shape index (κ1) is 9.26. The summed E-state index contributed by atoms with van der Waals surface area (Å²) in [5.74, 6) is 0.372. The second kappa shape index (κ2) is 4.93. The molecule has 1 saturated heterocycles. The molecule has 1 heterocycles. The quantitative estimate of drug-likeness (QED) is 0.468. The molecular formula is C9H16N2O. The summed E-state index contributed by atoms with van der Waals surface area (Å²) in [6.07, 6.45) is 3.64. The molecule has 0 spiro atoms. The second-order valence-corrected chi connectivity index (χ2v) is 3.06. The molecule has 12 heavy (non-hydrogen) atoms. The van der Waals surface area contributed by atoms with Crippen LogP contribution in [0.25, 0.3) is 0 Å². The van der Waals surface area contributed by atoms with Crippen LogP contribution in [0, 0.1) is 5.92 Å². The standard InChI is InChI=1S/C9H16N2O/c1-2-3-5-11-9(12)8-4-6-10-7-8/h2,8,10H,1,3-7H2,(H,11,12). The highest BCUT2D eigenvalue weighted by Gasteiger charge is 2.21.